The van der Waals surface area contributed by atoms with E-state index in [9.17, 15) is 19.3 Å². The highest BCUT2D eigenvalue weighted by atomic mass is 19.1. The minimum Gasteiger partial charge on any atom is -0.337 e. The SMILES string of the molecule is O=C(c1ccc(F)cc1[N+](=O)[O-])N1C[C@@H]2CCCN[C@@H]2C1. The summed E-state index contributed by atoms with van der Waals surface area (Å²) in [7, 11) is 0. The summed E-state index contributed by atoms with van der Waals surface area (Å²) in [6.45, 7) is 2.10. The molecule has 0 spiro atoms. The standard InChI is InChI=1S/C14H16FN3O3/c15-10-3-4-11(13(6-10)18(20)21)14(19)17-7-9-2-1-5-16-12(9)8-17/h3-4,6,9,12,16H,1-2,5,7-8H2/t9-,12+/m0/s1. The molecule has 7 heteroatoms. The fourth-order valence-corrected chi connectivity index (χ4v) is 3.22. The van der Waals surface area contributed by atoms with E-state index in [1.54, 1.807) is 4.90 Å². The number of nitro groups is 1. The maximum absolute atomic E-state index is 13.2. The van der Waals surface area contributed by atoms with Gasteiger partial charge in [0.1, 0.15) is 11.4 Å². The van der Waals surface area contributed by atoms with Gasteiger partial charge in [-0.25, -0.2) is 4.39 Å². The van der Waals surface area contributed by atoms with Crippen LogP contribution in [0.3, 0.4) is 0 Å². The van der Waals surface area contributed by atoms with Crippen molar-refractivity contribution in [3.05, 3.63) is 39.7 Å². The average Bonchev–Trinajstić information content (AvgIpc) is 2.90. The molecule has 0 aromatic heterocycles. The zero-order chi connectivity index (χ0) is 15.0. The molecule has 0 bridgehead atoms. The first-order valence-corrected chi connectivity index (χ1v) is 7.03. The molecule has 6 nitrogen and oxygen atoms in total. The number of amides is 1. The summed E-state index contributed by atoms with van der Waals surface area (Å²) in [6.07, 6.45) is 2.15. The van der Waals surface area contributed by atoms with Gasteiger partial charge in [0.2, 0.25) is 0 Å². The summed E-state index contributed by atoms with van der Waals surface area (Å²) in [5.74, 6) is -0.699. The van der Waals surface area contributed by atoms with Gasteiger partial charge < -0.3 is 10.2 Å². The number of benzene rings is 1. The third-order valence-electron chi connectivity index (χ3n) is 4.27. The minimum atomic E-state index is -0.713. The van der Waals surface area contributed by atoms with Gasteiger partial charge in [-0.2, -0.15) is 0 Å². The van der Waals surface area contributed by atoms with Crippen LogP contribution in [0.5, 0.6) is 0 Å². The smallest absolute Gasteiger partial charge is 0.285 e. The number of carbonyl (C=O) groups is 1. The maximum atomic E-state index is 13.2. The lowest BCUT2D eigenvalue weighted by Crippen LogP contribution is -2.41. The molecule has 1 amide bonds. The number of halogens is 1. The van der Waals surface area contributed by atoms with E-state index in [0.29, 0.717) is 19.0 Å². The van der Waals surface area contributed by atoms with E-state index >= 15 is 0 Å². The molecule has 0 radical (unpaired) electrons. The summed E-state index contributed by atoms with van der Waals surface area (Å²) < 4.78 is 13.2. The van der Waals surface area contributed by atoms with Crippen molar-refractivity contribution in [2.75, 3.05) is 19.6 Å². The molecular weight excluding hydrogens is 277 g/mol. The second-order valence-electron chi connectivity index (χ2n) is 5.59. The molecule has 2 fully saturated rings. The van der Waals surface area contributed by atoms with Gasteiger partial charge in [0.25, 0.3) is 11.6 Å². The van der Waals surface area contributed by atoms with Gasteiger partial charge in [0.15, 0.2) is 0 Å². The first-order chi connectivity index (χ1) is 10.1. The minimum absolute atomic E-state index is 0.0416. The number of likely N-dealkylation sites (tertiary alicyclic amines) is 1. The molecule has 2 aliphatic rings. The molecule has 0 saturated carbocycles. The topological polar surface area (TPSA) is 75.5 Å². The lowest BCUT2D eigenvalue weighted by molar-refractivity contribution is -0.385. The third-order valence-corrected chi connectivity index (χ3v) is 4.27. The molecule has 0 aliphatic carbocycles. The Morgan fingerprint density at radius 1 is 1.43 bits per heavy atom. The fourth-order valence-electron chi connectivity index (χ4n) is 3.22. The first-order valence-electron chi connectivity index (χ1n) is 7.03. The molecule has 21 heavy (non-hydrogen) atoms. The van der Waals surface area contributed by atoms with Crippen molar-refractivity contribution in [2.24, 2.45) is 5.92 Å². The lowest BCUT2D eigenvalue weighted by atomic mass is 9.94. The maximum Gasteiger partial charge on any atom is 0.285 e. The molecule has 2 heterocycles. The van der Waals surface area contributed by atoms with Gasteiger partial charge in [0, 0.05) is 19.1 Å². The van der Waals surface area contributed by atoms with Crippen LogP contribution in [0, 0.1) is 21.8 Å². The number of fused-ring (bicyclic) bond motifs is 1. The highest BCUT2D eigenvalue weighted by molar-refractivity contribution is 5.98. The van der Waals surface area contributed by atoms with Crippen LogP contribution in [-0.4, -0.2) is 41.4 Å². The second kappa shape index (κ2) is 5.40. The summed E-state index contributed by atoms with van der Waals surface area (Å²) in [4.78, 5) is 24.4. The van der Waals surface area contributed by atoms with E-state index in [0.717, 1.165) is 31.5 Å². The summed E-state index contributed by atoms with van der Waals surface area (Å²) in [6, 6.07) is 3.35. The quantitative estimate of drug-likeness (QED) is 0.663. The Balaban J connectivity index is 1.84. The van der Waals surface area contributed by atoms with Crippen LogP contribution in [0.2, 0.25) is 0 Å². The monoisotopic (exact) mass is 293 g/mol. The number of nitrogens with zero attached hydrogens (tertiary/aromatic N) is 2. The Morgan fingerprint density at radius 2 is 2.24 bits per heavy atom. The van der Waals surface area contributed by atoms with Crippen LogP contribution in [0.25, 0.3) is 0 Å². The van der Waals surface area contributed by atoms with E-state index in [1.165, 1.54) is 6.07 Å². The van der Waals surface area contributed by atoms with E-state index in [1.807, 2.05) is 0 Å². The van der Waals surface area contributed by atoms with Crippen LogP contribution in [-0.2, 0) is 0 Å². The van der Waals surface area contributed by atoms with Crippen molar-refractivity contribution < 1.29 is 14.1 Å². The van der Waals surface area contributed by atoms with Crippen LogP contribution in [0.1, 0.15) is 23.2 Å². The van der Waals surface area contributed by atoms with Gasteiger partial charge in [-0.05, 0) is 37.4 Å². The van der Waals surface area contributed by atoms with Crippen LogP contribution >= 0.6 is 0 Å². The number of rotatable bonds is 2. The zero-order valence-corrected chi connectivity index (χ0v) is 11.4. The van der Waals surface area contributed by atoms with E-state index in [2.05, 4.69) is 5.32 Å². The molecule has 0 unspecified atom stereocenters. The molecule has 2 atom stereocenters. The molecule has 3 rings (SSSR count). The summed E-state index contributed by atoms with van der Waals surface area (Å²) >= 11 is 0. The number of nitrogens with one attached hydrogen (secondary N) is 1. The normalized spacial score (nSPS) is 24.7. The molecule has 2 aliphatic heterocycles. The van der Waals surface area contributed by atoms with E-state index in [-0.39, 0.29) is 11.6 Å². The number of piperidine rings is 1. The van der Waals surface area contributed by atoms with E-state index < -0.39 is 22.3 Å². The average molecular weight is 293 g/mol. The van der Waals surface area contributed by atoms with Crippen molar-refractivity contribution in [2.45, 2.75) is 18.9 Å². The Bertz CT molecular complexity index is 579. The molecule has 1 N–H and O–H groups in total. The Morgan fingerprint density at radius 3 is 2.95 bits per heavy atom. The van der Waals surface area contributed by atoms with Gasteiger partial charge in [-0.15, -0.1) is 0 Å². The Kier molecular flexibility index (Phi) is 3.59. The predicted octanol–water partition coefficient (Wildman–Crippen LogP) is 1.56. The molecule has 1 aromatic carbocycles. The summed E-state index contributed by atoms with van der Waals surface area (Å²) in [5.41, 5.74) is -0.511. The lowest BCUT2D eigenvalue weighted by Gasteiger charge is -2.24. The second-order valence-corrected chi connectivity index (χ2v) is 5.59. The van der Waals surface area contributed by atoms with Gasteiger partial charge >= 0.3 is 0 Å². The zero-order valence-electron chi connectivity index (χ0n) is 11.4. The first kappa shape index (κ1) is 13.9. The van der Waals surface area contributed by atoms with Gasteiger partial charge in [-0.3, -0.25) is 14.9 Å². The Hall–Kier alpha value is -2.02. The highest BCUT2D eigenvalue weighted by Gasteiger charge is 2.38. The van der Waals surface area contributed by atoms with E-state index in [4.69, 9.17) is 0 Å². The number of hydrogen-bond donors (Lipinski definition) is 1. The van der Waals surface area contributed by atoms with Crippen molar-refractivity contribution in [1.82, 2.24) is 10.2 Å². The molecule has 2 saturated heterocycles. The fraction of sp³-hybridized carbons (Fsp3) is 0.500. The highest BCUT2D eigenvalue weighted by Crippen LogP contribution is 2.28. The number of nitro benzene ring substituents is 1. The van der Waals surface area contributed by atoms with Crippen LogP contribution in [0.4, 0.5) is 10.1 Å². The number of hydrogen-bond acceptors (Lipinski definition) is 4. The van der Waals surface area contributed by atoms with Crippen molar-refractivity contribution >= 4 is 11.6 Å². The van der Waals surface area contributed by atoms with Crippen LogP contribution < -0.4 is 5.32 Å². The largest absolute Gasteiger partial charge is 0.337 e. The van der Waals surface area contributed by atoms with Crippen molar-refractivity contribution in [3.8, 4) is 0 Å². The van der Waals surface area contributed by atoms with Crippen LogP contribution in [0.15, 0.2) is 18.2 Å². The van der Waals surface area contributed by atoms with Gasteiger partial charge in [-0.1, -0.05) is 0 Å². The van der Waals surface area contributed by atoms with Crippen molar-refractivity contribution in [1.29, 1.82) is 0 Å². The number of carbonyl (C=O) groups excluding carboxylic acids is 1. The predicted molar refractivity (Wildman–Crippen MR) is 73.5 cm³/mol. The Labute approximate surface area is 121 Å². The van der Waals surface area contributed by atoms with Crippen molar-refractivity contribution in [3.63, 3.8) is 0 Å². The van der Waals surface area contributed by atoms with Gasteiger partial charge in [0.05, 0.1) is 11.0 Å². The molecule has 1 aromatic rings. The summed E-state index contributed by atoms with van der Waals surface area (Å²) in [5, 5.41) is 14.4. The third kappa shape index (κ3) is 2.61. The molecule has 112 valence electrons. The molecular formula is C14H16FN3O3.